The maximum atomic E-state index is 10.7. The molecule has 0 saturated heterocycles. The molecule has 0 aliphatic rings. The number of hydrogen-bond donors (Lipinski definition) is 2. The summed E-state index contributed by atoms with van der Waals surface area (Å²) >= 11 is 0. The zero-order valence-corrected chi connectivity index (χ0v) is 10.4. The van der Waals surface area contributed by atoms with Crippen LogP contribution < -0.4 is 10.0 Å². The Balaban J connectivity index is 3.32. The molecule has 0 fully saturated rings. The highest BCUT2D eigenvalue weighted by molar-refractivity contribution is 7.88. The van der Waals surface area contributed by atoms with E-state index < -0.39 is 10.0 Å². The van der Waals surface area contributed by atoms with Crippen molar-refractivity contribution in [1.29, 1.82) is 0 Å². The van der Waals surface area contributed by atoms with Crippen molar-refractivity contribution in [3.05, 3.63) is 0 Å². The third-order valence-corrected chi connectivity index (χ3v) is 2.35. The summed E-state index contributed by atoms with van der Waals surface area (Å²) in [6.45, 7) is 7.80. The van der Waals surface area contributed by atoms with Gasteiger partial charge in [-0.3, -0.25) is 0 Å². The Morgan fingerprint density at radius 1 is 1.07 bits per heavy atom. The summed E-state index contributed by atoms with van der Waals surface area (Å²) in [5.74, 6) is 0. The molecule has 0 bridgehead atoms. The summed E-state index contributed by atoms with van der Waals surface area (Å²) in [5.41, 5.74) is 0.143. The minimum atomic E-state index is -3.01. The van der Waals surface area contributed by atoms with Gasteiger partial charge in [-0.05, 0) is 40.2 Å². The highest BCUT2D eigenvalue weighted by atomic mass is 32.2. The Hall–Kier alpha value is -0.130. The van der Waals surface area contributed by atoms with E-state index in [1.54, 1.807) is 0 Å². The fourth-order valence-corrected chi connectivity index (χ4v) is 1.49. The Kier molecular flexibility index (Phi) is 5.63. The molecule has 0 unspecified atom stereocenters. The van der Waals surface area contributed by atoms with Crippen molar-refractivity contribution in [3.63, 3.8) is 0 Å². The second-order valence-corrected chi connectivity index (χ2v) is 6.38. The smallest absolute Gasteiger partial charge is 0.208 e. The maximum Gasteiger partial charge on any atom is 0.208 e. The first-order valence-corrected chi connectivity index (χ1v) is 6.79. The molecule has 0 amide bonds. The molecule has 2 N–H and O–H groups in total. The van der Waals surface area contributed by atoms with E-state index in [-0.39, 0.29) is 5.54 Å². The van der Waals surface area contributed by atoms with Crippen LogP contribution in [0.4, 0.5) is 0 Å². The van der Waals surface area contributed by atoms with E-state index in [1.165, 1.54) is 6.26 Å². The fourth-order valence-electron chi connectivity index (χ4n) is 0.971. The number of sulfonamides is 1. The SMILES string of the molecule is CC(C)(C)NCCCCNS(C)(=O)=O. The largest absolute Gasteiger partial charge is 0.312 e. The Labute approximate surface area is 87.5 Å². The van der Waals surface area contributed by atoms with Crippen LogP contribution in [0, 0.1) is 0 Å². The molecule has 0 atom stereocenters. The molecule has 0 aromatic heterocycles. The molecule has 0 spiro atoms. The number of hydrogen-bond acceptors (Lipinski definition) is 3. The van der Waals surface area contributed by atoms with Gasteiger partial charge in [0.2, 0.25) is 10.0 Å². The van der Waals surface area contributed by atoms with E-state index in [4.69, 9.17) is 0 Å². The molecule has 0 saturated carbocycles. The van der Waals surface area contributed by atoms with E-state index in [2.05, 4.69) is 30.8 Å². The van der Waals surface area contributed by atoms with Crippen LogP contribution in [0.15, 0.2) is 0 Å². The predicted molar refractivity (Wildman–Crippen MR) is 59.8 cm³/mol. The standard InChI is InChI=1S/C9H22N2O2S/c1-9(2,3)10-7-5-6-8-11-14(4,12)13/h10-11H,5-8H2,1-4H3. The third-order valence-electron chi connectivity index (χ3n) is 1.62. The van der Waals surface area contributed by atoms with Gasteiger partial charge in [0.1, 0.15) is 0 Å². The van der Waals surface area contributed by atoms with Gasteiger partial charge in [-0.1, -0.05) is 0 Å². The Bertz CT molecular complexity index is 242. The van der Waals surface area contributed by atoms with Crippen LogP contribution in [0.1, 0.15) is 33.6 Å². The van der Waals surface area contributed by atoms with E-state index >= 15 is 0 Å². The van der Waals surface area contributed by atoms with Gasteiger partial charge in [0.05, 0.1) is 6.26 Å². The van der Waals surface area contributed by atoms with Gasteiger partial charge >= 0.3 is 0 Å². The van der Waals surface area contributed by atoms with Crippen LogP contribution in [-0.2, 0) is 10.0 Å². The van der Waals surface area contributed by atoms with Crippen LogP contribution in [0.2, 0.25) is 0 Å². The topological polar surface area (TPSA) is 58.2 Å². The van der Waals surface area contributed by atoms with Crippen LogP contribution in [0.5, 0.6) is 0 Å². The van der Waals surface area contributed by atoms with Crippen LogP contribution >= 0.6 is 0 Å². The minimum absolute atomic E-state index is 0.143. The number of rotatable bonds is 6. The van der Waals surface area contributed by atoms with Gasteiger partial charge < -0.3 is 5.32 Å². The lowest BCUT2D eigenvalue weighted by Crippen LogP contribution is -2.36. The molecule has 0 aliphatic heterocycles. The normalized spacial score (nSPS) is 13.1. The molecule has 0 heterocycles. The average molecular weight is 222 g/mol. The van der Waals surface area contributed by atoms with Crippen LogP contribution in [0.25, 0.3) is 0 Å². The molecule has 0 radical (unpaired) electrons. The van der Waals surface area contributed by atoms with Gasteiger partial charge in [-0.2, -0.15) is 0 Å². The van der Waals surface area contributed by atoms with Gasteiger partial charge in [0.25, 0.3) is 0 Å². The molecule has 0 aromatic rings. The van der Waals surface area contributed by atoms with Crippen molar-refractivity contribution in [2.24, 2.45) is 0 Å². The molecule has 0 aromatic carbocycles. The summed E-state index contributed by atoms with van der Waals surface area (Å²) < 4.78 is 23.9. The predicted octanol–water partition coefficient (Wildman–Crippen LogP) is 0.704. The zero-order valence-electron chi connectivity index (χ0n) is 9.55. The molecular formula is C9H22N2O2S. The summed E-state index contributed by atoms with van der Waals surface area (Å²) in [6, 6.07) is 0. The van der Waals surface area contributed by atoms with Crippen molar-refractivity contribution < 1.29 is 8.42 Å². The second-order valence-electron chi connectivity index (χ2n) is 4.55. The fraction of sp³-hybridized carbons (Fsp3) is 1.00. The summed E-state index contributed by atoms with van der Waals surface area (Å²) in [6.07, 6.45) is 3.04. The summed E-state index contributed by atoms with van der Waals surface area (Å²) in [7, 11) is -3.01. The highest BCUT2D eigenvalue weighted by Gasteiger charge is 2.07. The van der Waals surface area contributed by atoms with E-state index in [1.807, 2.05) is 0 Å². The van der Waals surface area contributed by atoms with Crippen molar-refractivity contribution in [1.82, 2.24) is 10.0 Å². The quantitative estimate of drug-likeness (QED) is 0.651. The molecule has 0 aliphatic carbocycles. The lowest BCUT2D eigenvalue weighted by atomic mass is 10.1. The first kappa shape index (κ1) is 13.9. The van der Waals surface area contributed by atoms with Crippen LogP contribution in [0.3, 0.4) is 0 Å². The van der Waals surface area contributed by atoms with Gasteiger partial charge in [0.15, 0.2) is 0 Å². The van der Waals surface area contributed by atoms with Crippen molar-refractivity contribution >= 4 is 10.0 Å². The Morgan fingerprint density at radius 2 is 1.57 bits per heavy atom. The highest BCUT2D eigenvalue weighted by Crippen LogP contribution is 1.98. The lowest BCUT2D eigenvalue weighted by molar-refractivity contribution is 0.418. The minimum Gasteiger partial charge on any atom is -0.312 e. The second kappa shape index (κ2) is 5.68. The van der Waals surface area contributed by atoms with E-state index in [9.17, 15) is 8.42 Å². The molecule has 14 heavy (non-hydrogen) atoms. The molecule has 5 heteroatoms. The first-order chi connectivity index (χ1) is 6.21. The van der Waals surface area contributed by atoms with Crippen molar-refractivity contribution in [2.75, 3.05) is 19.3 Å². The zero-order chi connectivity index (χ0) is 11.2. The van der Waals surface area contributed by atoms with E-state index in [0.717, 1.165) is 19.4 Å². The van der Waals surface area contributed by atoms with Gasteiger partial charge in [-0.25, -0.2) is 13.1 Å². The number of unbranched alkanes of at least 4 members (excludes halogenated alkanes) is 1. The van der Waals surface area contributed by atoms with Gasteiger partial charge in [-0.15, -0.1) is 0 Å². The molecular weight excluding hydrogens is 200 g/mol. The first-order valence-electron chi connectivity index (χ1n) is 4.90. The van der Waals surface area contributed by atoms with Gasteiger partial charge in [0, 0.05) is 12.1 Å². The Morgan fingerprint density at radius 3 is 2.00 bits per heavy atom. The molecule has 0 rings (SSSR count). The van der Waals surface area contributed by atoms with Crippen molar-refractivity contribution in [2.45, 2.75) is 39.2 Å². The van der Waals surface area contributed by atoms with Crippen molar-refractivity contribution in [3.8, 4) is 0 Å². The molecule has 86 valence electrons. The molecule has 4 nitrogen and oxygen atoms in total. The lowest BCUT2D eigenvalue weighted by Gasteiger charge is -2.20. The summed E-state index contributed by atoms with van der Waals surface area (Å²) in [4.78, 5) is 0. The monoisotopic (exact) mass is 222 g/mol. The van der Waals surface area contributed by atoms with E-state index in [0.29, 0.717) is 6.54 Å². The van der Waals surface area contributed by atoms with Crippen LogP contribution in [-0.4, -0.2) is 33.3 Å². The third kappa shape index (κ3) is 11.9. The average Bonchev–Trinajstić information content (AvgIpc) is 1.92. The maximum absolute atomic E-state index is 10.7. The summed E-state index contributed by atoms with van der Waals surface area (Å²) in [5, 5.41) is 3.34. The number of nitrogens with one attached hydrogen (secondary N) is 2.